The zero-order valence-electron chi connectivity index (χ0n) is 11.6. The Bertz CT molecular complexity index is 664. The molecule has 3 heterocycles. The van der Waals surface area contributed by atoms with Crippen molar-refractivity contribution in [1.29, 1.82) is 0 Å². The van der Waals surface area contributed by atoms with Gasteiger partial charge < -0.3 is 4.90 Å². The van der Waals surface area contributed by atoms with Crippen LogP contribution in [0.25, 0.3) is 0 Å². The summed E-state index contributed by atoms with van der Waals surface area (Å²) in [5, 5.41) is 5.49. The molecule has 3 fully saturated rings. The fraction of sp³-hybridized carbons (Fsp3) is 0.643. The van der Waals surface area contributed by atoms with Gasteiger partial charge in [-0.3, -0.25) is 10.1 Å². The van der Waals surface area contributed by atoms with Crippen LogP contribution in [-0.4, -0.2) is 42.8 Å². The van der Waals surface area contributed by atoms with E-state index >= 15 is 0 Å². The molecule has 1 spiro atoms. The molecule has 1 amide bonds. The highest BCUT2D eigenvalue weighted by Crippen LogP contribution is 2.47. The lowest BCUT2D eigenvalue weighted by Crippen LogP contribution is -2.36. The predicted octanol–water partition coefficient (Wildman–Crippen LogP) is 1.15. The molecular formula is C14H18N2O3S2. The first-order valence-electron chi connectivity index (χ1n) is 7.32. The van der Waals surface area contributed by atoms with Crippen molar-refractivity contribution in [2.75, 3.05) is 18.1 Å². The summed E-state index contributed by atoms with van der Waals surface area (Å²) in [4.78, 5) is 15.7. The lowest BCUT2D eigenvalue weighted by atomic mass is 10.1. The molecule has 1 saturated carbocycles. The molecule has 0 radical (unpaired) electrons. The van der Waals surface area contributed by atoms with Crippen LogP contribution < -0.4 is 5.32 Å². The van der Waals surface area contributed by atoms with Crippen LogP contribution in [0.2, 0.25) is 0 Å². The maximum Gasteiger partial charge on any atom is 0.244 e. The normalized spacial score (nSPS) is 33.0. The van der Waals surface area contributed by atoms with E-state index in [0.29, 0.717) is 13.0 Å². The molecule has 2 aliphatic heterocycles. The van der Waals surface area contributed by atoms with E-state index in [9.17, 15) is 13.2 Å². The van der Waals surface area contributed by atoms with Gasteiger partial charge in [-0.2, -0.15) is 0 Å². The van der Waals surface area contributed by atoms with Gasteiger partial charge in [-0.05, 0) is 36.6 Å². The van der Waals surface area contributed by atoms with Crippen LogP contribution in [0.3, 0.4) is 0 Å². The smallest absolute Gasteiger partial charge is 0.244 e. The zero-order valence-corrected chi connectivity index (χ0v) is 13.3. The first kappa shape index (κ1) is 13.7. The van der Waals surface area contributed by atoms with E-state index in [0.717, 1.165) is 17.7 Å². The molecular weight excluding hydrogens is 308 g/mol. The summed E-state index contributed by atoms with van der Waals surface area (Å²) in [7, 11) is -2.89. The number of thiophene rings is 1. The zero-order chi connectivity index (χ0) is 14.7. The molecule has 4 rings (SSSR count). The first-order chi connectivity index (χ1) is 9.99. The minimum atomic E-state index is -2.89. The predicted molar refractivity (Wildman–Crippen MR) is 80.6 cm³/mol. The van der Waals surface area contributed by atoms with Crippen LogP contribution in [0.1, 0.15) is 30.3 Å². The van der Waals surface area contributed by atoms with E-state index in [1.807, 2.05) is 22.4 Å². The third-order valence-electron chi connectivity index (χ3n) is 4.74. The van der Waals surface area contributed by atoms with Crippen LogP contribution in [0.5, 0.6) is 0 Å². The summed E-state index contributed by atoms with van der Waals surface area (Å²) in [5.41, 5.74) is -0.355. The monoisotopic (exact) mass is 326 g/mol. The van der Waals surface area contributed by atoms with Gasteiger partial charge >= 0.3 is 0 Å². The number of sulfone groups is 1. The summed E-state index contributed by atoms with van der Waals surface area (Å²) >= 11 is 1.64. The first-order valence-corrected chi connectivity index (χ1v) is 10.0. The molecule has 2 atom stereocenters. The lowest BCUT2D eigenvalue weighted by molar-refractivity contribution is -0.131. The Balaban J connectivity index is 1.57. The average molecular weight is 326 g/mol. The number of hydrogen-bond acceptors (Lipinski definition) is 5. The van der Waals surface area contributed by atoms with E-state index in [1.54, 1.807) is 11.3 Å². The summed E-state index contributed by atoms with van der Waals surface area (Å²) < 4.78 is 23.3. The van der Waals surface area contributed by atoms with Crippen molar-refractivity contribution in [3.8, 4) is 0 Å². The Morgan fingerprint density at radius 3 is 2.81 bits per heavy atom. The molecule has 1 aromatic rings. The number of nitrogens with one attached hydrogen (secondary N) is 1. The molecule has 1 N–H and O–H groups in total. The molecule has 2 saturated heterocycles. The average Bonchev–Trinajstić information content (AvgIpc) is 2.79. The number of carbonyl (C=O) groups excluding carboxylic acids is 1. The third-order valence-corrected chi connectivity index (χ3v) is 7.50. The van der Waals surface area contributed by atoms with Crippen LogP contribution in [0.15, 0.2) is 17.5 Å². The van der Waals surface area contributed by atoms with E-state index in [2.05, 4.69) is 5.32 Å². The number of carbonyl (C=O) groups is 1. The second-order valence-electron chi connectivity index (χ2n) is 6.37. The number of amides is 1. The summed E-state index contributed by atoms with van der Waals surface area (Å²) in [5.74, 6) is 0.727. The maximum atomic E-state index is 12.7. The minimum Gasteiger partial charge on any atom is -0.320 e. The summed E-state index contributed by atoms with van der Waals surface area (Å²) in [6.07, 6.45) is 2.39. The highest BCUT2D eigenvalue weighted by Gasteiger charge is 2.59. The van der Waals surface area contributed by atoms with Crippen molar-refractivity contribution >= 4 is 27.1 Å². The second-order valence-corrected chi connectivity index (χ2v) is 9.58. The Labute approximate surface area is 128 Å². The van der Waals surface area contributed by atoms with Gasteiger partial charge in [0.15, 0.2) is 9.84 Å². The molecule has 1 aromatic heterocycles. The van der Waals surface area contributed by atoms with Gasteiger partial charge in [0.1, 0.15) is 11.7 Å². The van der Waals surface area contributed by atoms with Gasteiger partial charge in [0.05, 0.1) is 11.5 Å². The Morgan fingerprint density at radius 1 is 1.43 bits per heavy atom. The standard InChI is InChI=1S/C14H18N2O3S2/c17-13-14(4-5-14)15-12(11-2-1-6-20-11)16(13)8-10-3-7-21(18,19)9-10/h1-2,6,10,12,15H,3-5,7-9H2. The lowest BCUT2D eigenvalue weighted by Gasteiger charge is -2.25. The van der Waals surface area contributed by atoms with E-state index in [1.165, 1.54) is 0 Å². The van der Waals surface area contributed by atoms with Crippen LogP contribution in [0.4, 0.5) is 0 Å². The highest BCUT2D eigenvalue weighted by atomic mass is 32.2. The molecule has 1 aliphatic carbocycles. The van der Waals surface area contributed by atoms with Crippen molar-refractivity contribution in [3.63, 3.8) is 0 Å². The molecule has 2 unspecified atom stereocenters. The van der Waals surface area contributed by atoms with Gasteiger partial charge in [-0.15, -0.1) is 11.3 Å². The minimum absolute atomic E-state index is 0.0803. The van der Waals surface area contributed by atoms with Crippen molar-refractivity contribution in [2.45, 2.75) is 31.0 Å². The second kappa shape index (κ2) is 4.54. The van der Waals surface area contributed by atoms with Crippen LogP contribution in [-0.2, 0) is 14.6 Å². The van der Waals surface area contributed by atoms with Crippen molar-refractivity contribution < 1.29 is 13.2 Å². The maximum absolute atomic E-state index is 12.7. The number of hydrogen-bond donors (Lipinski definition) is 1. The van der Waals surface area contributed by atoms with Crippen molar-refractivity contribution in [2.24, 2.45) is 5.92 Å². The molecule has 3 aliphatic rings. The van der Waals surface area contributed by atoms with Crippen molar-refractivity contribution in [1.82, 2.24) is 10.2 Å². The van der Waals surface area contributed by atoms with Crippen molar-refractivity contribution in [3.05, 3.63) is 22.4 Å². The fourth-order valence-electron chi connectivity index (χ4n) is 3.43. The summed E-state index contributed by atoms with van der Waals surface area (Å²) in [6, 6.07) is 4.03. The van der Waals surface area contributed by atoms with E-state index in [-0.39, 0.29) is 35.0 Å². The van der Waals surface area contributed by atoms with Gasteiger partial charge in [0.25, 0.3) is 0 Å². The van der Waals surface area contributed by atoms with E-state index in [4.69, 9.17) is 0 Å². The molecule has 0 bridgehead atoms. The Kier molecular flexibility index (Phi) is 2.96. The van der Waals surface area contributed by atoms with Crippen LogP contribution in [0, 0.1) is 5.92 Å². The van der Waals surface area contributed by atoms with Crippen LogP contribution >= 0.6 is 11.3 Å². The fourth-order valence-corrected chi connectivity index (χ4v) is 6.07. The topological polar surface area (TPSA) is 66.5 Å². The largest absolute Gasteiger partial charge is 0.320 e. The summed E-state index contributed by atoms with van der Waals surface area (Å²) in [6.45, 7) is 0.551. The number of nitrogens with zero attached hydrogens (tertiary/aromatic N) is 1. The number of rotatable bonds is 3. The third kappa shape index (κ3) is 2.31. The molecule has 21 heavy (non-hydrogen) atoms. The molecule has 114 valence electrons. The molecule has 5 nitrogen and oxygen atoms in total. The SMILES string of the molecule is O=C1N(CC2CCS(=O)(=O)C2)C(c2cccs2)NC12CC2. The Morgan fingerprint density at radius 2 is 2.24 bits per heavy atom. The van der Waals surface area contributed by atoms with Gasteiger partial charge in [0.2, 0.25) is 5.91 Å². The van der Waals surface area contributed by atoms with Gasteiger partial charge in [-0.25, -0.2) is 8.42 Å². The Hall–Kier alpha value is -0.920. The van der Waals surface area contributed by atoms with Gasteiger partial charge in [0, 0.05) is 11.4 Å². The highest BCUT2D eigenvalue weighted by molar-refractivity contribution is 7.91. The quantitative estimate of drug-likeness (QED) is 0.905. The molecule has 7 heteroatoms. The van der Waals surface area contributed by atoms with Gasteiger partial charge in [-0.1, -0.05) is 6.07 Å². The molecule has 0 aromatic carbocycles. The van der Waals surface area contributed by atoms with E-state index < -0.39 is 9.84 Å².